The van der Waals surface area contributed by atoms with E-state index >= 15 is 0 Å². The first-order valence-electron chi connectivity index (χ1n) is 9.98. The Morgan fingerprint density at radius 3 is 2.04 bits per heavy atom. The zero-order valence-corrected chi connectivity index (χ0v) is 15.8. The van der Waals surface area contributed by atoms with Gasteiger partial charge < -0.3 is 10.5 Å². The molecule has 1 aliphatic rings. The standard InChI is InChI=1S/C21H30F3NO2/c22-21(23,24)15-11-7-5-3-1-2-4-6-8-12-16-13-9-10-14-17(16)18-19(27-18)20(25)26/h9-10,13-14,18-19H,1-8,11-12,15H2,(H2,25,26)/t18-,19+/m0/s1. The lowest BCUT2D eigenvalue weighted by atomic mass is 9.97. The number of primary amides is 1. The molecule has 0 radical (unpaired) electrons. The van der Waals surface area contributed by atoms with Crippen molar-refractivity contribution in [1.29, 1.82) is 0 Å². The van der Waals surface area contributed by atoms with Crippen LogP contribution in [0.5, 0.6) is 0 Å². The maximum atomic E-state index is 12.0. The molecule has 0 saturated carbocycles. The Labute approximate surface area is 159 Å². The fourth-order valence-electron chi connectivity index (χ4n) is 3.48. The van der Waals surface area contributed by atoms with Gasteiger partial charge in [-0.15, -0.1) is 0 Å². The molecule has 1 aliphatic heterocycles. The fraction of sp³-hybridized carbons (Fsp3) is 0.667. The van der Waals surface area contributed by atoms with Crippen LogP contribution in [0, 0.1) is 0 Å². The Morgan fingerprint density at radius 2 is 1.48 bits per heavy atom. The first-order chi connectivity index (χ1) is 12.9. The van der Waals surface area contributed by atoms with E-state index in [0.29, 0.717) is 6.42 Å². The van der Waals surface area contributed by atoms with Crippen LogP contribution < -0.4 is 5.73 Å². The number of hydrogen-bond donors (Lipinski definition) is 1. The molecule has 1 saturated heterocycles. The Morgan fingerprint density at radius 1 is 0.926 bits per heavy atom. The third-order valence-corrected chi connectivity index (χ3v) is 5.04. The highest BCUT2D eigenvalue weighted by molar-refractivity contribution is 5.82. The highest BCUT2D eigenvalue weighted by atomic mass is 19.4. The number of epoxide rings is 1. The minimum atomic E-state index is -4.01. The van der Waals surface area contributed by atoms with Crippen LogP contribution in [0.25, 0.3) is 0 Å². The number of hydrogen-bond acceptors (Lipinski definition) is 2. The number of ether oxygens (including phenoxy) is 1. The van der Waals surface area contributed by atoms with E-state index in [1.165, 1.54) is 5.56 Å². The third kappa shape index (κ3) is 8.33. The highest BCUT2D eigenvalue weighted by Crippen LogP contribution is 2.40. The number of aryl methyl sites for hydroxylation is 1. The van der Waals surface area contributed by atoms with E-state index < -0.39 is 24.6 Å². The van der Waals surface area contributed by atoms with Gasteiger partial charge in [0.15, 0.2) is 6.10 Å². The van der Waals surface area contributed by atoms with Crippen LogP contribution in [0.15, 0.2) is 24.3 Å². The minimum absolute atomic E-state index is 0.184. The maximum absolute atomic E-state index is 12.0. The predicted octanol–water partition coefficient (Wildman–Crippen LogP) is 5.62. The lowest BCUT2D eigenvalue weighted by Gasteiger charge is -2.08. The summed E-state index contributed by atoms with van der Waals surface area (Å²) in [5.74, 6) is -0.409. The molecule has 6 heteroatoms. The van der Waals surface area contributed by atoms with E-state index in [2.05, 4.69) is 6.07 Å². The van der Waals surface area contributed by atoms with Crippen molar-refractivity contribution in [2.45, 2.75) is 89.0 Å². The van der Waals surface area contributed by atoms with Crippen molar-refractivity contribution in [2.75, 3.05) is 0 Å². The summed E-state index contributed by atoms with van der Waals surface area (Å²) in [6.07, 6.45) is 4.06. The van der Waals surface area contributed by atoms with Gasteiger partial charge in [0.1, 0.15) is 6.10 Å². The SMILES string of the molecule is NC(=O)[C@@H]1O[C@H]1c1ccccc1CCCCCCCCCCCC(F)(F)F. The van der Waals surface area contributed by atoms with E-state index in [0.717, 1.165) is 56.9 Å². The molecule has 1 aromatic carbocycles. The summed E-state index contributed by atoms with van der Waals surface area (Å²) >= 11 is 0. The van der Waals surface area contributed by atoms with Gasteiger partial charge in [-0.3, -0.25) is 4.79 Å². The van der Waals surface area contributed by atoms with Gasteiger partial charge in [-0.2, -0.15) is 13.2 Å². The van der Waals surface area contributed by atoms with Gasteiger partial charge in [-0.25, -0.2) is 0 Å². The van der Waals surface area contributed by atoms with E-state index in [1.807, 2.05) is 18.2 Å². The van der Waals surface area contributed by atoms with Crippen LogP contribution in [-0.4, -0.2) is 18.2 Å². The molecule has 1 aromatic rings. The number of halogens is 3. The number of carbonyl (C=O) groups excluding carboxylic acids is 1. The predicted molar refractivity (Wildman–Crippen MR) is 99.2 cm³/mol. The maximum Gasteiger partial charge on any atom is 0.389 e. The Bertz CT molecular complexity index is 589. The molecule has 0 bridgehead atoms. The number of rotatable bonds is 13. The van der Waals surface area contributed by atoms with Crippen molar-refractivity contribution >= 4 is 5.91 Å². The summed E-state index contributed by atoms with van der Waals surface area (Å²) in [7, 11) is 0. The first kappa shape index (κ1) is 21.7. The number of carbonyl (C=O) groups is 1. The summed E-state index contributed by atoms with van der Waals surface area (Å²) in [6.45, 7) is 0. The number of benzene rings is 1. The Hall–Kier alpha value is -1.56. The molecular formula is C21H30F3NO2. The molecular weight excluding hydrogens is 355 g/mol. The quantitative estimate of drug-likeness (QED) is 0.354. The topological polar surface area (TPSA) is 55.6 Å². The van der Waals surface area contributed by atoms with Crippen molar-refractivity contribution in [3.63, 3.8) is 0 Å². The summed E-state index contributed by atoms with van der Waals surface area (Å²) in [5, 5.41) is 0. The largest absolute Gasteiger partial charge is 0.389 e. The van der Waals surface area contributed by atoms with Crippen LogP contribution in [0.4, 0.5) is 13.2 Å². The molecule has 1 fully saturated rings. The van der Waals surface area contributed by atoms with Crippen LogP contribution in [-0.2, 0) is 16.0 Å². The molecule has 152 valence electrons. The van der Waals surface area contributed by atoms with Gasteiger partial charge >= 0.3 is 6.18 Å². The molecule has 2 N–H and O–H groups in total. The zero-order chi connectivity index (χ0) is 19.7. The second-order valence-electron chi connectivity index (χ2n) is 7.38. The molecule has 1 heterocycles. The van der Waals surface area contributed by atoms with Crippen molar-refractivity contribution in [3.05, 3.63) is 35.4 Å². The molecule has 3 nitrogen and oxygen atoms in total. The second kappa shape index (κ2) is 10.7. The molecule has 1 amide bonds. The van der Waals surface area contributed by atoms with Gasteiger partial charge in [0.25, 0.3) is 0 Å². The molecule has 0 aliphatic carbocycles. The zero-order valence-electron chi connectivity index (χ0n) is 15.8. The average Bonchev–Trinajstić information content (AvgIpc) is 3.40. The van der Waals surface area contributed by atoms with Crippen LogP contribution in [0.3, 0.4) is 0 Å². The average molecular weight is 385 g/mol. The smallest absolute Gasteiger partial charge is 0.367 e. The monoisotopic (exact) mass is 385 g/mol. The molecule has 0 aromatic heterocycles. The van der Waals surface area contributed by atoms with Gasteiger partial charge in [0.05, 0.1) is 0 Å². The number of unbranched alkanes of at least 4 members (excludes halogenated alkanes) is 8. The number of amides is 1. The normalized spacial score (nSPS) is 19.2. The van der Waals surface area contributed by atoms with Gasteiger partial charge in [-0.1, -0.05) is 69.2 Å². The Balaban J connectivity index is 1.51. The lowest BCUT2D eigenvalue weighted by molar-refractivity contribution is -0.135. The van der Waals surface area contributed by atoms with Gasteiger partial charge in [0.2, 0.25) is 5.91 Å². The van der Waals surface area contributed by atoms with E-state index in [9.17, 15) is 18.0 Å². The summed E-state index contributed by atoms with van der Waals surface area (Å²) < 4.78 is 41.5. The van der Waals surface area contributed by atoms with Crippen molar-refractivity contribution in [3.8, 4) is 0 Å². The molecule has 0 unspecified atom stereocenters. The second-order valence-corrected chi connectivity index (χ2v) is 7.38. The third-order valence-electron chi connectivity index (χ3n) is 5.04. The van der Waals surface area contributed by atoms with E-state index in [4.69, 9.17) is 10.5 Å². The van der Waals surface area contributed by atoms with Gasteiger partial charge in [0, 0.05) is 6.42 Å². The number of alkyl halides is 3. The van der Waals surface area contributed by atoms with E-state index in [1.54, 1.807) is 0 Å². The minimum Gasteiger partial charge on any atom is -0.367 e. The van der Waals surface area contributed by atoms with Crippen molar-refractivity contribution < 1.29 is 22.7 Å². The molecule has 0 spiro atoms. The number of nitrogens with two attached hydrogens (primary N) is 1. The van der Waals surface area contributed by atoms with E-state index in [-0.39, 0.29) is 12.5 Å². The van der Waals surface area contributed by atoms with Crippen LogP contribution in [0.2, 0.25) is 0 Å². The molecule has 27 heavy (non-hydrogen) atoms. The lowest BCUT2D eigenvalue weighted by Crippen LogP contribution is -2.18. The first-order valence-corrected chi connectivity index (χ1v) is 9.98. The van der Waals surface area contributed by atoms with Gasteiger partial charge in [-0.05, 0) is 30.4 Å². The van der Waals surface area contributed by atoms with Crippen LogP contribution in [0.1, 0.15) is 81.4 Å². The Kier molecular flexibility index (Phi) is 8.61. The molecule has 2 atom stereocenters. The summed E-state index contributed by atoms with van der Waals surface area (Å²) in [5.41, 5.74) is 7.58. The fourth-order valence-corrected chi connectivity index (χ4v) is 3.48. The van der Waals surface area contributed by atoms with Crippen molar-refractivity contribution in [2.24, 2.45) is 5.73 Å². The molecule has 2 rings (SSSR count). The summed E-state index contributed by atoms with van der Waals surface area (Å²) in [6, 6.07) is 8.03. The summed E-state index contributed by atoms with van der Waals surface area (Å²) in [4.78, 5) is 11.2. The highest BCUT2D eigenvalue weighted by Gasteiger charge is 2.45. The van der Waals surface area contributed by atoms with Crippen LogP contribution >= 0.6 is 0 Å². The van der Waals surface area contributed by atoms with Crippen molar-refractivity contribution in [1.82, 2.24) is 0 Å².